The lowest BCUT2D eigenvalue weighted by molar-refractivity contribution is -0.116. The molecule has 1 aliphatic rings. The van der Waals surface area contributed by atoms with Crippen molar-refractivity contribution in [1.82, 2.24) is 14.7 Å². The Kier molecular flexibility index (Phi) is 6.23. The molecule has 1 N–H and O–H groups in total. The Balaban J connectivity index is 1.56. The summed E-state index contributed by atoms with van der Waals surface area (Å²) in [5.74, 6) is 0.823. The molecule has 1 aromatic heterocycles. The molecule has 1 unspecified atom stereocenters. The molecule has 2 heterocycles. The Morgan fingerprint density at radius 2 is 1.84 bits per heavy atom. The van der Waals surface area contributed by atoms with Gasteiger partial charge in [0.2, 0.25) is 5.91 Å². The van der Waals surface area contributed by atoms with Gasteiger partial charge < -0.3 is 10.2 Å². The van der Waals surface area contributed by atoms with Gasteiger partial charge in [0.1, 0.15) is 5.82 Å². The van der Waals surface area contributed by atoms with Gasteiger partial charge in [-0.2, -0.15) is 5.10 Å². The van der Waals surface area contributed by atoms with Crippen LogP contribution in [0.25, 0.3) is 0 Å². The standard InChI is InChI=1S/C20H28N4O/c1-17(18-9-5-4-6-10-18)24-19(11-13-21-24)22-20(25)12-16-23-14-7-2-3-8-15-23/h4-6,9-11,13,17H,2-3,7-8,12,14-16H2,1H3,(H,22,25). The van der Waals surface area contributed by atoms with E-state index in [0.717, 1.165) is 25.5 Å². The average molecular weight is 340 g/mol. The van der Waals surface area contributed by atoms with Crippen molar-refractivity contribution >= 4 is 11.7 Å². The monoisotopic (exact) mass is 340 g/mol. The molecule has 0 bridgehead atoms. The van der Waals surface area contributed by atoms with Crippen molar-refractivity contribution in [3.8, 4) is 0 Å². The van der Waals surface area contributed by atoms with Crippen molar-refractivity contribution < 1.29 is 4.79 Å². The number of hydrogen-bond donors (Lipinski definition) is 1. The lowest BCUT2D eigenvalue weighted by Crippen LogP contribution is -2.29. The number of rotatable bonds is 6. The second-order valence-electron chi connectivity index (χ2n) is 6.80. The molecule has 0 saturated carbocycles. The van der Waals surface area contributed by atoms with Gasteiger partial charge in [0.25, 0.3) is 0 Å². The SMILES string of the molecule is CC(c1ccccc1)n1nccc1NC(=O)CCN1CCCCCC1. The van der Waals surface area contributed by atoms with E-state index in [0.29, 0.717) is 6.42 Å². The summed E-state index contributed by atoms with van der Waals surface area (Å²) < 4.78 is 1.87. The van der Waals surface area contributed by atoms with Crippen LogP contribution in [0.2, 0.25) is 0 Å². The zero-order valence-corrected chi connectivity index (χ0v) is 15.0. The number of anilines is 1. The highest BCUT2D eigenvalue weighted by atomic mass is 16.1. The number of likely N-dealkylation sites (tertiary alicyclic amines) is 1. The van der Waals surface area contributed by atoms with Crippen LogP contribution in [0.15, 0.2) is 42.6 Å². The van der Waals surface area contributed by atoms with Crippen LogP contribution in [-0.4, -0.2) is 40.2 Å². The molecule has 1 atom stereocenters. The summed E-state index contributed by atoms with van der Waals surface area (Å²) in [5.41, 5.74) is 1.17. The highest BCUT2D eigenvalue weighted by Crippen LogP contribution is 2.21. The first kappa shape index (κ1) is 17.7. The van der Waals surface area contributed by atoms with E-state index < -0.39 is 0 Å². The van der Waals surface area contributed by atoms with Gasteiger partial charge in [0.15, 0.2) is 0 Å². The van der Waals surface area contributed by atoms with E-state index >= 15 is 0 Å². The van der Waals surface area contributed by atoms with Crippen molar-refractivity contribution in [1.29, 1.82) is 0 Å². The maximum atomic E-state index is 12.4. The van der Waals surface area contributed by atoms with E-state index in [1.807, 2.05) is 28.9 Å². The summed E-state index contributed by atoms with van der Waals surface area (Å²) in [6.45, 7) is 5.18. The number of carbonyl (C=O) groups excluding carboxylic acids is 1. The molecule has 5 heteroatoms. The van der Waals surface area contributed by atoms with Crippen molar-refractivity contribution in [2.24, 2.45) is 0 Å². The van der Waals surface area contributed by atoms with E-state index in [9.17, 15) is 4.79 Å². The number of nitrogens with zero attached hydrogens (tertiary/aromatic N) is 3. The summed E-state index contributed by atoms with van der Waals surface area (Å²) in [6, 6.07) is 12.2. The second kappa shape index (κ2) is 8.81. The molecule has 2 aromatic rings. The van der Waals surface area contributed by atoms with Crippen LogP contribution < -0.4 is 5.32 Å². The van der Waals surface area contributed by atoms with Gasteiger partial charge in [-0.05, 0) is 38.4 Å². The predicted molar refractivity (Wildman–Crippen MR) is 101 cm³/mol. The third-order valence-corrected chi connectivity index (χ3v) is 4.94. The molecule has 1 saturated heterocycles. The van der Waals surface area contributed by atoms with Crippen molar-refractivity contribution in [3.63, 3.8) is 0 Å². The molecular formula is C20H28N4O. The van der Waals surface area contributed by atoms with E-state index in [1.54, 1.807) is 6.20 Å². The average Bonchev–Trinajstić information content (AvgIpc) is 2.93. The minimum atomic E-state index is 0.0614. The molecule has 0 spiro atoms. The van der Waals surface area contributed by atoms with Gasteiger partial charge in [0.05, 0.1) is 12.2 Å². The lowest BCUT2D eigenvalue weighted by atomic mass is 10.1. The Morgan fingerprint density at radius 3 is 2.56 bits per heavy atom. The molecule has 25 heavy (non-hydrogen) atoms. The summed E-state index contributed by atoms with van der Waals surface area (Å²) in [5, 5.41) is 7.43. The first-order valence-corrected chi connectivity index (χ1v) is 9.35. The van der Waals surface area contributed by atoms with Crippen LogP contribution in [-0.2, 0) is 4.79 Å². The number of nitrogens with one attached hydrogen (secondary N) is 1. The van der Waals surface area contributed by atoms with Gasteiger partial charge in [-0.3, -0.25) is 4.79 Å². The molecule has 5 nitrogen and oxygen atoms in total. The molecule has 1 amide bonds. The fourth-order valence-corrected chi connectivity index (χ4v) is 3.42. The normalized spacial score (nSPS) is 17.0. The molecule has 0 radical (unpaired) electrons. The molecule has 1 fully saturated rings. The van der Waals surface area contributed by atoms with Gasteiger partial charge in [-0.1, -0.05) is 43.2 Å². The van der Waals surface area contributed by atoms with Gasteiger partial charge in [-0.15, -0.1) is 0 Å². The van der Waals surface area contributed by atoms with Crippen LogP contribution in [0.1, 0.15) is 50.6 Å². The quantitative estimate of drug-likeness (QED) is 0.872. The highest BCUT2D eigenvalue weighted by Gasteiger charge is 2.15. The highest BCUT2D eigenvalue weighted by molar-refractivity contribution is 5.89. The first-order valence-electron chi connectivity index (χ1n) is 9.35. The molecule has 3 rings (SSSR count). The fraction of sp³-hybridized carbons (Fsp3) is 0.500. The smallest absolute Gasteiger partial charge is 0.226 e. The summed E-state index contributed by atoms with van der Waals surface area (Å²) in [6.07, 6.45) is 7.42. The van der Waals surface area contributed by atoms with Gasteiger partial charge >= 0.3 is 0 Å². The van der Waals surface area contributed by atoms with Crippen LogP contribution in [0.4, 0.5) is 5.82 Å². The van der Waals surface area contributed by atoms with Crippen LogP contribution in [0.3, 0.4) is 0 Å². The van der Waals surface area contributed by atoms with E-state index in [-0.39, 0.29) is 11.9 Å². The van der Waals surface area contributed by atoms with Gasteiger partial charge in [-0.25, -0.2) is 4.68 Å². The first-order chi connectivity index (χ1) is 12.2. The third-order valence-electron chi connectivity index (χ3n) is 4.94. The molecule has 134 valence electrons. The van der Waals surface area contributed by atoms with Crippen molar-refractivity contribution in [3.05, 3.63) is 48.2 Å². The van der Waals surface area contributed by atoms with Crippen LogP contribution >= 0.6 is 0 Å². The predicted octanol–water partition coefficient (Wildman–Crippen LogP) is 3.70. The minimum Gasteiger partial charge on any atom is -0.311 e. The summed E-state index contributed by atoms with van der Waals surface area (Å²) in [7, 11) is 0. The third kappa shape index (κ3) is 4.92. The Morgan fingerprint density at radius 1 is 1.12 bits per heavy atom. The Labute approximate surface area is 150 Å². The number of carbonyl (C=O) groups is 1. The van der Waals surface area contributed by atoms with Crippen LogP contribution in [0, 0.1) is 0 Å². The van der Waals surface area contributed by atoms with Crippen molar-refractivity contribution in [2.45, 2.75) is 45.1 Å². The largest absolute Gasteiger partial charge is 0.311 e. The summed E-state index contributed by atoms with van der Waals surface area (Å²) in [4.78, 5) is 14.8. The molecular weight excluding hydrogens is 312 g/mol. The number of aromatic nitrogens is 2. The lowest BCUT2D eigenvalue weighted by Gasteiger charge is -2.20. The Bertz CT molecular complexity index is 659. The Hall–Kier alpha value is -2.14. The zero-order chi connectivity index (χ0) is 17.5. The minimum absolute atomic E-state index is 0.0614. The molecule has 0 aliphatic carbocycles. The van der Waals surface area contributed by atoms with Gasteiger partial charge in [0, 0.05) is 19.0 Å². The maximum Gasteiger partial charge on any atom is 0.226 e. The number of hydrogen-bond acceptors (Lipinski definition) is 3. The van der Waals surface area contributed by atoms with E-state index in [4.69, 9.17) is 0 Å². The second-order valence-corrected chi connectivity index (χ2v) is 6.80. The van der Waals surface area contributed by atoms with E-state index in [1.165, 1.54) is 31.2 Å². The van der Waals surface area contributed by atoms with Crippen LogP contribution in [0.5, 0.6) is 0 Å². The molecule has 1 aromatic carbocycles. The molecule has 1 aliphatic heterocycles. The van der Waals surface area contributed by atoms with E-state index in [2.05, 4.69) is 34.4 Å². The maximum absolute atomic E-state index is 12.4. The number of benzene rings is 1. The van der Waals surface area contributed by atoms with Crippen molar-refractivity contribution in [2.75, 3.05) is 25.0 Å². The topological polar surface area (TPSA) is 50.2 Å². The fourth-order valence-electron chi connectivity index (χ4n) is 3.42. The summed E-state index contributed by atoms with van der Waals surface area (Å²) >= 11 is 0. The zero-order valence-electron chi connectivity index (χ0n) is 15.0. The number of amides is 1.